The highest BCUT2D eigenvalue weighted by Gasteiger charge is 2.35. The lowest BCUT2D eigenvalue weighted by atomic mass is 9.82. The lowest BCUT2D eigenvalue weighted by Gasteiger charge is -2.23. The van der Waals surface area contributed by atoms with Crippen molar-refractivity contribution < 1.29 is 0 Å². The molecule has 0 fully saturated rings. The van der Waals surface area contributed by atoms with Crippen molar-refractivity contribution in [2.45, 2.75) is 25.4 Å². The van der Waals surface area contributed by atoms with E-state index in [0.717, 1.165) is 33.7 Å². The Balaban J connectivity index is 1.09. The Morgan fingerprint density at radius 1 is 0.519 bits per heavy atom. The summed E-state index contributed by atoms with van der Waals surface area (Å²) in [5.41, 5.74) is 14.4. The third kappa shape index (κ3) is 4.83. The van der Waals surface area contributed by atoms with Gasteiger partial charge in [0, 0.05) is 33.0 Å². The van der Waals surface area contributed by atoms with Gasteiger partial charge in [-0.25, -0.2) is 9.98 Å². The predicted octanol–water partition coefficient (Wildman–Crippen LogP) is 11.3. The summed E-state index contributed by atoms with van der Waals surface area (Å²) in [6.45, 7) is 4.67. The maximum atomic E-state index is 5.15. The van der Waals surface area contributed by atoms with E-state index in [1.165, 1.54) is 49.7 Å². The Morgan fingerprint density at radius 2 is 1.19 bits per heavy atom. The van der Waals surface area contributed by atoms with Crippen molar-refractivity contribution in [1.82, 2.24) is 9.88 Å². The van der Waals surface area contributed by atoms with Crippen LogP contribution in [-0.4, -0.2) is 16.2 Å². The fourth-order valence-electron chi connectivity index (χ4n) is 8.24. The zero-order valence-electron chi connectivity index (χ0n) is 29.1. The summed E-state index contributed by atoms with van der Waals surface area (Å²) >= 11 is 0. The number of hydrogen-bond donors (Lipinski definition) is 1. The number of benzene rings is 7. The molecular weight excluding hydrogens is 633 g/mol. The molecule has 0 saturated carbocycles. The highest BCUT2D eigenvalue weighted by molar-refractivity contribution is 6.14. The number of aliphatic imine (C=N–C) groups is 2. The van der Waals surface area contributed by atoms with Gasteiger partial charge in [0.05, 0.1) is 11.0 Å². The topological polar surface area (TPSA) is 41.7 Å². The SMILES string of the molecule is CC1(C)c2ccccc2-c2cc(-c3ccc4c(c3)c3ccccc3n4-c3cccc(C4=NC(c5ccccc5)NC(c5ccccc5)=N4)c3)ccc21. The molecule has 4 nitrogen and oxygen atoms in total. The van der Waals surface area contributed by atoms with Gasteiger partial charge in [-0.1, -0.05) is 147 Å². The Kier molecular flexibility index (Phi) is 6.87. The maximum Gasteiger partial charge on any atom is 0.159 e. The lowest BCUT2D eigenvalue weighted by Crippen LogP contribution is -2.33. The summed E-state index contributed by atoms with van der Waals surface area (Å²) in [4.78, 5) is 10.2. The first kappa shape index (κ1) is 30.3. The third-order valence-electron chi connectivity index (χ3n) is 10.9. The molecule has 1 unspecified atom stereocenters. The molecule has 0 saturated heterocycles. The third-order valence-corrected chi connectivity index (χ3v) is 10.9. The molecule has 4 heteroatoms. The summed E-state index contributed by atoms with van der Waals surface area (Å²) in [5.74, 6) is 1.52. The van der Waals surface area contributed by atoms with Crippen LogP contribution in [0.3, 0.4) is 0 Å². The quantitative estimate of drug-likeness (QED) is 0.195. The van der Waals surface area contributed by atoms with Gasteiger partial charge in [0.25, 0.3) is 0 Å². The summed E-state index contributed by atoms with van der Waals surface area (Å²) in [5, 5.41) is 6.03. The van der Waals surface area contributed by atoms with Crippen molar-refractivity contribution in [3.63, 3.8) is 0 Å². The van der Waals surface area contributed by atoms with Crippen molar-refractivity contribution in [2.24, 2.45) is 9.98 Å². The molecule has 1 N–H and O–H groups in total. The highest BCUT2D eigenvalue weighted by atomic mass is 15.2. The van der Waals surface area contributed by atoms with Crippen LogP contribution >= 0.6 is 0 Å². The second-order valence-corrected chi connectivity index (χ2v) is 14.3. The normalized spacial score (nSPS) is 15.8. The van der Waals surface area contributed by atoms with Crippen molar-refractivity contribution in [3.8, 4) is 27.9 Å². The Labute approximate surface area is 303 Å². The van der Waals surface area contributed by atoms with Crippen LogP contribution in [0.1, 0.15) is 47.8 Å². The van der Waals surface area contributed by atoms with Gasteiger partial charge in [-0.2, -0.15) is 0 Å². The average molecular weight is 669 g/mol. The zero-order chi connectivity index (χ0) is 34.8. The predicted molar refractivity (Wildman–Crippen MR) is 216 cm³/mol. The highest BCUT2D eigenvalue weighted by Crippen LogP contribution is 2.49. The van der Waals surface area contributed by atoms with E-state index in [9.17, 15) is 0 Å². The molecule has 2 heterocycles. The van der Waals surface area contributed by atoms with Crippen LogP contribution in [0.15, 0.2) is 180 Å². The number of para-hydroxylation sites is 1. The van der Waals surface area contributed by atoms with Crippen molar-refractivity contribution in [3.05, 3.63) is 198 Å². The molecule has 7 aromatic carbocycles. The van der Waals surface area contributed by atoms with E-state index in [0.29, 0.717) is 5.84 Å². The molecule has 0 radical (unpaired) electrons. The first-order chi connectivity index (χ1) is 25.5. The van der Waals surface area contributed by atoms with Gasteiger partial charge in [-0.15, -0.1) is 0 Å². The van der Waals surface area contributed by atoms with E-state index in [1.807, 2.05) is 24.3 Å². The van der Waals surface area contributed by atoms with Crippen LogP contribution in [0, 0.1) is 0 Å². The van der Waals surface area contributed by atoms with E-state index < -0.39 is 0 Å². The number of nitrogens with one attached hydrogen (secondary N) is 1. The second-order valence-electron chi connectivity index (χ2n) is 14.3. The summed E-state index contributed by atoms with van der Waals surface area (Å²) in [7, 11) is 0. The van der Waals surface area contributed by atoms with Crippen LogP contribution in [0.5, 0.6) is 0 Å². The molecule has 1 aromatic heterocycles. The Hall–Kier alpha value is -6.52. The molecule has 10 rings (SSSR count). The molecular formula is C48H36N4. The smallest absolute Gasteiger partial charge is 0.159 e. The summed E-state index contributed by atoms with van der Waals surface area (Å²) < 4.78 is 2.37. The van der Waals surface area contributed by atoms with Crippen LogP contribution in [0.2, 0.25) is 0 Å². The molecule has 0 amide bonds. The van der Waals surface area contributed by atoms with E-state index in [1.54, 1.807) is 0 Å². The average Bonchev–Trinajstić information content (AvgIpc) is 3.66. The minimum absolute atomic E-state index is 0.00699. The maximum absolute atomic E-state index is 5.15. The van der Waals surface area contributed by atoms with Gasteiger partial charge in [-0.05, 0) is 75.3 Å². The number of rotatable bonds is 5. The second kappa shape index (κ2) is 11.8. The molecule has 248 valence electrons. The zero-order valence-corrected chi connectivity index (χ0v) is 29.1. The van der Waals surface area contributed by atoms with Crippen LogP contribution < -0.4 is 5.32 Å². The van der Waals surface area contributed by atoms with Gasteiger partial charge in [-0.3, -0.25) is 0 Å². The van der Waals surface area contributed by atoms with Crippen LogP contribution in [0.25, 0.3) is 49.7 Å². The molecule has 2 aliphatic rings. The fourth-order valence-corrected chi connectivity index (χ4v) is 8.24. The first-order valence-electron chi connectivity index (χ1n) is 18.0. The molecule has 8 aromatic rings. The van der Waals surface area contributed by atoms with E-state index in [4.69, 9.17) is 9.98 Å². The number of nitrogens with zero attached hydrogens (tertiary/aromatic N) is 3. The van der Waals surface area contributed by atoms with E-state index in [-0.39, 0.29) is 11.6 Å². The molecule has 0 spiro atoms. The first-order valence-corrected chi connectivity index (χ1v) is 18.0. The van der Waals surface area contributed by atoms with E-state index >= 15 is 0 Å². The summed E-state index contributed by atoms with van der Waals surface area (Å²) in [6, 6.07) is 60.8. The number of fused-ring (bicyclic) bond motifs is 6. The molecule has 52 heavy (non-hydrogen) atoms. The molecule has 0 bridgehead atoms. The van der Waals surface area contributed by atoms with Crippen molar-refractivity contribution >= 4 is 33.5 Å². The van der Waals surface area contributed by atoms with Crippen LogP contribution in [-0.2, 0) is 5.41 Å². The van der Waals surface area contributed by atoms with Crippen LogP contribution in [0.4, 0.5) is 0 Å². The molecule has 1 atom stereocenters. The van der Waals surface area contributed by atoms with Gasteiger partial charge in [0.15, 0.2) is 5.84 Å². The van der Waals surface area contributed by atoms with Gasteiger partial charge < -0.3 is 9.88 Å². The Bertz CT molecular complexity index is 2730. The van der Waals surface area contributed by atoms with Gasteiger partial charge in [0.2, 0.25) is 0 Å². The van der Waals surface area contributed by atoms with E-state index in [2.05, 4.69) is 169 Å². The Morgan fingerprint density at radius 3 is 2.06 bits per heavy atom. The minimum Gasteiger partial charge on any atom is -0.344 e. The fraction of sp³-hybridized carbons (Fsp3) is 0.0833. The summed E-state index contributed by atoms with van der Waals surface area (Å²) in [6.07, 6.45) is -0.252. The van der Waals surface area contributed by atoms with Crippen molar-refractivity contribution in [2.75, 3.05) is 0 Å². The number of aromatic nitrogens is 1. The number of hydrogen-bond acceptors (Lipinski definition) is 3. The monoisotopic (exact) mass is 668 g/mol. The largest absolute Gasteiger partial charge is 0.344 e. The molecule has 1 aliphatic heterocycles. The minimum atomic E-state index is -0.252. The molecule has 1 aliphatic carbocycles. The number of amidine groups is 2. The standard InChI is InChI=1S/C48H36N4/c1-48(2)41-22-11-9-20-37(41)39-29-33(24-26-42(39)48)34-25-27-44-40(30-34)38-21-10-12-23-43(38)52(44)36-19-13-18-35(28-36)47-50-45(31-14-5-3-6-15-31)49-46(51-47)32-16-7-4-8-17-32/h3-30,45H,1-2H3,(H,49,50,51). The van der Waals surface area contributed by atoms with Crippen molar-refractivity contribution in [1.29, 1.82) is 0 Å². The lowest BCUT2D eigenvalue weighted by molar-refractivity contribution is 0.660. The van der Waals surface area contributed by atoms with Gasteiger partial charge >= 0.3 is 0 Å². The van der Waals surface area contributed by atoms with Gasteiger partial charge in [0.1, 0.15) is 12.0 Å².